The Balaban J connectivity index is 1.68. The van der Waals surface area contributed by atoms with Crippen molar-refractivity contribution >= 4 is 23.3 Å². The molecule has 0 aromatic carbocycles. The molecule has 0 aliphatic carbocycles. The largest absolute Gasteiger partial charge is 0.406 e. The summed E-state index contributed by atoms with van der Waals surface area (Å²) in [7, 11) is 0. The predicted molar refractivity (Wildman–Crippen MR) is 108 cm³/mol. The molecule has 30 heavy (non-hydrogen) atoms. The third-order valence-corrected chi connectivity index (χ3v) is 5.41. The monoisotopic (exact) mass is 442 g/mol. The van der Waals surface area contributed by atoms with E-state index < -0.39 is 24.3 Å². The summed E-state index contributed by atoms with van der Waals surface area (Å²) in [6.45, 7) is 1.66. The maximum atomic E-state index is 12.7. The van der Waals surface area contributed by atoms with E-state index in [0.717, 1.165) is 12.8 Å². The van der Waals surface area contributed by atoms with Crippen LogP contribution in [0.3, 0.4) is 0 Å². The van der Waals surface area contributed by atoms with Gasteiger partial charge in [-0.2, -0.15) is 13.2 Å². The number of halogens is 4. The molecule has 10 heteroatoms. The van der Waals surface area contributed by atoms with Crippen LogP contribution in [0.5, 0.6) is 0 Å². The van der Waals surface area contributed by atoms with Crippen molar-refractivity contribution in [2.75, 3.05) is 18.4 Å². The predicted octanol–water partition coefficient (Wildman–Crippen LogP) is 3.67. The molecule has 0 spiro atoms. The minimum Gasteiger partial charge on any atom is -0.309 e. The number of pyridine rings is 2. The van der Waals surface area contributed by atoms with Crippen molar-refractivity contribution < 1.29 is 18.0 Å². The van der Waals surface area contributed by atoms with Crippen molar-refractivity contribution in [1.82, 2.24) is 14.5 Å². The van der Waals surface area contributed by atoms with Crippen LogP contribution >= 0.6 is 11.6 Å². The second-order valence-corrected chi connectivity index (χ2v) is 7.84. The molecule has 1 saturated heterocycles. The molecule has 3 rings (SSSR count). The maximum absolute atomic E-state index is 12.7. The number of rotatable bonds is 5. The van der Waals surface area contributed by atoms with Crippen LogP contribution in [-0.2, 0) is 11.3 Å². The fraction of sp³-hybridized carbons (Fsp3) is 0.450. The molecule has 1 fully saturated rings. The molecule has 2 aromatic rings. The summed E-state index contributed by atoms with van der Waals surface area (Å²) in [6.07, 6.45) is -0.183. The maximum Gasteiger partial charge on any atom is 0.406 e. The van der Waals surface area contributed by atoms with Gasteiger partial charge in [0, 0.05) is 25.0 Å². The fourth-order valence-corrected chi connectivity index (χ4v) is 3.70. The average Bonchev–Trinajstić information content (AvgIpc) is 2.70. The Bertz CT molecular complexity index is 946. The molecule has 2 aromatic heterocycles. The lowest BCUT2D eigenvalue weighted by Gasteiger charge is -2.36. The van der Waals surface area contributed by atoms with Gasteiger partial charge in [0.2, 0.25) is 5.91 Å². The van der Waals surface area contributed by atoms with E-state index >= 15 is 0 Å². The molecule has 0 saturated carbocycles. The molecule has 1 aliphatic rings. The molecule has 0 bridgehead atoms. The second-order valence-electron chi connectivity index (χ2n) is 7.40. The number of likely N-dealkylation sites (tertiary alicyclic amines) is 1. The smallest absolute Gasteiger partial charge is 0.309 e. The number of amides is 1. The summed E-state index contributed by atoms with van der Waals surface area (Å²) >= 11 is 5.80. The number of nitrogens with one attached hydrogen (secondary N) is 1. The van der Waals surface area contributed by atoms with Gasteiger partial charge in [0.15, 0.2) is 0 Å². The van der Waals surface area contributed by atoms with Gasteiger partial charge in [0.1, 0.15) is 12.4 Å². The molecule has 6 nitrogen and oxygen atoms in total. The van der Waals surface area contributed by atoms with E-state index in [2.05, 4.69) is 10.3 Å². The lowest BCUT2D eigenvalue weighted by Crippen LogP contribution is -2.46. The number of carbonyl (C=O) groups is 1. The molecule has 3 heterocycles. The first kappa shape index (κ1) is 22.3. The number of piperidine rings is 1. The summed E-state index contributed by atoms with van der Waals surface area (Å²) < 4.78 is 38.9. The number of alkyl halides is 3. The summed E-state index contributed by atoms with van der Waals surface area (Å²) in [4.78, 5) is 30.4. The molecular formula is C20H22ClF3N4O2. The Morgan fingerprint density at radius 2 is 2.10 bits per heavy atom. The van der Waals surface area contributed by atoms with E-state index in [1.54, 1.807) is 25.1 Å². The highest BCUT2D eigenvalue weighted by atomic mass is 35.5. The summed E-state index contributed by atoms with van der Waals surface area (Å²) in [5.74, 6) is 0.0966. The SMILES string of the molecule is CC(C(=O)Nc1ccc(Cl)cn1)N1CCCC(c2ccc(=O)n(CC(F)(F)F)c2)C1. The minimum absolute atomic E-state index is 0.0669. The summed E-state index contributed by atoms with van der Waals surface area (Å²) in [5, 5.41) is 3.21. The van der Waals surface area contributed by atoms with Gasteiger partial charge < -0.3 is 9.88 Å². The van der Waals surface area contributed by atoms with Gasteiger partial charge in [0.25, 0.3) is 5.56 Å². The zero-order valence-corrected chi connectivity index (χ0v) is 17.1. The Hall–Kier alpha value is -2.39. The lowest BCUT2D eigenvalue weighted by molar-refractivity contribution is -0.141. The van der Waals surface area contributed by atoms with Crippen LogP contribution in [0.2, 0.25) is 5.02 Å². The standard InChI is InChI=1S/C20H22ClF3N4O2/c1-13(19(30)26-17-6-5-16(21)9-25-17)27-8-2-3-14(10-27)15-4-7-18(29)28(11-15)12-20(22,23)24/h4-7,9,11,13-14H,2-3,8,10,12H2,1H3,(H,25,26,30). The van der Waals surface area contributed by atoms with Crippen LogP contribution in [0.1, 0.15) is 31.2 Å². The van der Waals surface area contributed by atoms with E-state index in [-0.39, 0.29) is 11.8 Å². The quantitative estimate of drug-likeness (QED) is 0.767. The van der Waals surface area contributed by atoms with Crippen LogP contribution in [-0.4, -0.2) is 45.7 Å². The van der Waals surface area contributed by atoms with Crippen LogP contribution in [0.4, 0.5) is 19.0 Å². The van der Waals surface area contributed by atoms with Gasteiger partial charge in [-0.05, 0) is 49.9 Å². The Kier molecular flexibility index (Phi) is 6.82. The Morgan fingerprint density at radius 1 is 1.33 bits per heavy atom. The second kappa shape index (κ2) is 9.18. The topological polar surface area (TPSA) is 67.2 Å². The van der Waals surface area contributed by atoms with E-state index in [9.17, 15) is 22.8 Å². The van der Waals surface area contributed by atoms with Gasteiger partial charge >= 0.3 is 6.18 Å². The summed E-state index contributed by atoms with van der Waals surface area (Å²) in [6, 6.07) is 5.53. The molecular weight excluding hydrogens is 421 g/mol. The van der Waals surface area contributed by atoms with Crippen molar-refractivity contribution in [2.45, 2.75) is 44.4 Å². The fourth-order valence-electron chi connectivity index (χ4n) is 3.58. The van der Waals surface area contributed by atoms with E-state index in [1.165, 1.54) is 18.5 Å². The number of hydrogen-bond acceptors (Lipinski definition) is 4. The molecule has 0 radical (unpaired) electrons. The van der Waals surface area contributed by atoms with Crippen LogP contribution in [0, 0.1) is 0 Å². The van der Waals surface area contributed by atoms with Gasteiger partial charge in [-0.15, -0.1) is 0 Å². The first-order chi connectivity index (χ1) is 14.1. The third kappa shape index (κ3) is 5.82. The first-order valence-corrected chi connectivity index (χ1v) is 9.94. The van der Waals surface area contributed by atoms with E-state index in [1.807, 2.05) is 4.90 Å². The molecule has 162 valence electrons. The Morgan fingerprint density at radius 3 is 2.77 bits per heavy atom. The van der Waals surface area contributed by atoms with Crippen molar-refractivity contribution in [1.29, 1.82) is 0 Å². The first-order valence-electron chi connectivity index (χ1n) is 9.56. The lowest BCUT2D eigenvalue weighted by atomic mass is 9.91. The van der Waals surface area contributed by atoms with Crippen molar-refractivity contribution in [3.8, 4) is 0 Å². The number of hydrogen-bond donors (Lipinski definition) is 1. The molecule has 1 N–H and O–H groups in total. The zero-order valence-electron chi connectivity index (χ0n) is 16.3. The van der Waals surface area contributed by atoms with E-state index in [4.69, 9.17) is 11.6 Å². The highest BCUT2D eigenvalue weighted by Gasteiger charge is 2.31. The normalized spacial score (nSPS) is 18.8. The van der Waals surface area contributed by atoms with Gasteiger partial charge in [0.05, 0.1) is 11.1 Å². The van der Waals surface area contributed by atoms with Crippen molar-refractivity contribution in [2.24, 2.45) is 0 Å². The van der Waals surface area contributed by atoms with Gasteiger partial charge in [-0.25, -0.2) is 4.98 Å². The summed E-state index contributed by atoms with van der Waals surface area (Å²) in [5.41, 5.74) is -0.0255. The van der Waals surface area contributed by atoms with Crippen molar-refractivity contribution in [3.63, 3.8) is 0 Å². The molecule has 1 aliphatic heterocycles. The highest BCUT2D eigenvalue weighted by Crippen LogP contribution is 2.28. The van der Waals surface area contributed by atoms with Gasteiger partial charge in [-0.3, -0.25) is 14.5 Å². The minimum atomic E-state index is -4.47. The molecule has 2 unspecified atom stereocenters. The zero-order chi connectivity index (χ0) is 21.9. The number of carbonyl (C=O) groups excluding carboxylic acids is 1. The van der Waals surface area contributed by atoms with Crippen LogP contribution in [0.15, 0.2) is 41.5 Å². The average molecular weight is 443 g/mol. The number of aromatic nitrogens is 2. The third-order valence-electron chi connectivity index (χ3n) is 5.19. The van der Waals surface area contributed by atoms with E-state index in [0.29, 0.717) is 34.1 Å². The molecule has 2 atom stereocenters. The highest BCUT2D eigenvalue weighted by molar-refractivity contribution is 6.30. The number of anilines is 1. The van der Waals surface area contributed by atoms with Crippen LogP contribution in [0.25, 0.3) is 0 Å². The van der Waals surface area contributed by atoms with Crippen molar-refractivity contribution in [3.05, 3.63) is 57.6 Å². The molecule has 1 amide bonds. The van der Waals surface area contributed by atoms with Gasteiger partial charge in [-0.1, -0.05) is 17.7 Å². The Labute approximate surface area is 176 Å². The van der Waals surface area contributed by atoms with Crippen LogP contribution < -0.4 is 10.9 Å². The number of nitrogens with zero attached hydrogens (tertiary/aromatic N) is 3.